The van der Waals surface area contributed by atoms with Crippen molar-refractivity contribution in [1.82, 2.24) is 25.5 Å². The van der Waals surface area contributed by atoms with E-state index in [9.17, 15) is 9.59 Å². The van der Waals surface area contributed by atoms with Crippen molar-refractivity contribution >= 4 is 17.5 Å². The number of aryl methyl sites for hydroxylation is 1. The van der Waals surface area contributed by atoms with Gasteiger partial charge in [0.2, 0.25) is 11.7 Å². The van der Waals surface area contributed by atoms with Crippen LogP contribution in [0.2, 0.25) is 0 Å². The molecule has 1 atom stereocenters. The van der Waals surface area contributed by atoms with Gasteiger partial charge in [0.15, 0.2) is 5.76 Å². The number of tetrazole rings is 1. The lowest BCUT2D eigenvalue weighted by Gasteiger charge is -2.33. The highest BCUT2D eigenvalue weighted by molar-refractivity contribution is 6.00. The summed E-state index contributed by atoms with van der Waals surface area (Å²) < 4.78 is 11.1. The molecule has 0 spiro atoms. The molecule has 0 fully saturated rings. The summed E-state index contributed by atoms with van der Waals surface area (Å²) in [7, 11) is 0. The van der Waals surface area contributed by atoms with Gasteiger partial charge < -0.3 is 14.5 Å². The summed E-state index contributed by atoms with van der Waals surface area (Å²) in [6, 6.07) is 9.98. The number of aromatic nitrogens is 4. The molecule has 0 aliphatic rings. The number of anilines is 1. The second-order valence-electron chi connectivity index (χ2n) is 9.29. The second kappa shape index (κ2) is 11.2. The van der Waals surface area contributed by atoms with Gasteiger partial charge in [0.25, 0.3) is 5.91 Å². The summed E-state index contributed by atoms with van der Waals surface area (Å²) >= 11 is 0. The maximum atomic E-state index is 13.6. The van der Waals surface area contributed by atoms with Crippen LogP contribution < -0.4 is 15.0 Å². The van der Waals surface area contributed by atoms with E-state index in [0.717, 1.165) is 5.76 Å². The number of hydrogen-bond acceptors (Lipinski definition) is 7. The van der Waals surface area contributed by atoms with E-state index < -0.39 is 11.6 Å². The van der Waals surface area contributed by atoms with Crippen LogP contribution in [0.1, 0.15) is 53.2 Å². The molecule has 0 aliphatic heterocycles. The molecule has 10 heteroatoms. The van der Waals surface area contributed by atoms with Crippen molar-refractivity contribution < 1.29 is 18.7 Å². The first-order valence-corrected chi connectivity index (χ1v) is 11.8. The number of furan rings is 1. The molecule has 2 heterocycles. The Kier molecular flexibility index (Phi) is 8.26. The van der Waals surface area contributed by atoms with Gasteiger partial charge in [-0.3, -0.25) is 14.5 Å². The number of nitrogens with one attached hydrogen (secondary N) is 1. The minimum absolute atomic E-state index is 0.192. The van der Waals surface area contributed by atoms with Gasteiger partial charge >= 0.3 is 0 Å². The molecular formula is C25H34N6O4. The number of benzene rings is 1. The summed E-state index contributed by atoms with van der Waals surface area (Å²) in [5.74, 6) is 1.61. The highest BCUT2D eigenvalue weighted by atomic mass is 16.5. The van der Waals surface area contributed by atoms with E-state index >= 15 is 0 Å². The molecule has 0 unspecified atom stereocenters. The van der Waals surface area contributed by atoms with Gasteiger partial charge in [0.05, 0.1) is 6.61 Å². The van der Waals surface area contributed by atoms with Crippen molar-refractivity contribution in [3.8, 4) is 17.3 Å². The van der Waals surface area contributed by atoms with Crippen LogP contribution in [0.3, 0.4) is 0 Å². The first-order valence-electron chi connectivity index (χ1n) is 11.8. The minimum atomic E-state index is -0.708. The molecule has 0 bridgehead atoms. The van der Waals surface area contributed by atoms with Crippen molar-refractivity contribution in [1.29, 1.82) is 0 Å². The average Bonchev–Trinajstić information content (AvgIpc) is 3.42. The third kappa shape index (κ3) is 6.91. The van der Waals surface area contributed by atoms with Crippen molar-refractivity contribution in [3.63, 3.8) is 0 Å². The van der Waals surface area contributed by atoms with Crippen LogP contribution in [0.15, 0.2) is 40.8 Å². The van der Waals surface area contributed by atoms with E-state index in [1.807, 2.05) is 41.5 Å². The van der Waals surface area contributed by atoms with Crippen molar-refractivity contribution in [3.05, 3.63) is 42.2 Å². The molecule has 2 aromatic heterocycles. The Bertz CT molecular complexity index is 1130. The third-order valence-electron chi connectivity index (χ3n) is 5.06. The smallest absolute Gasteiger partial charge is 0.251 e. The Morgan fingerprint density at radius 1 is 1.14 bits per heavy atom. The Balaban J connectivity index is 1.92. The lowest BCUT2D eigenvalue weighted by molar-refractivity contribution is -0.128. The van der Waals surface area contributed by atoms with Gasteiger partial charge in [0, 0.05) is 11.2 Å². The van der Waals surface area contributed by atoms with Gasteiger partial charge in [-0.2, -0.15) is 4.80 Å². The number of amides is 2. The van der Waals surface area contributed by atoms with Crippen LogP contribution >= 0.6 is 0 Å². The van der Waals surface area contributed by atoms with Crippen LogP contribution in [0.4, 0.5) is 5.69 Å². The molecule has 35 heavy (non-hydrogen) atoms. The van der Waals surface area contributed by atoms with Gasteiger partial charge in [-0.05, 0) is 82.7 Å². The fourth-order valence-electron chi connectivity index (χ4n) is 3.63. The molecule has 3 rings (SSSR count). The summed E-state index contributed by atoms with van der Waals surface area (Å²) in [5.41, 5.74) is 0.142. The number of rotatable bonds is 10. The maximum absolute atomic E-state index is 13.6. The Morgan fingerprint density at radius 3 is 2.43 bits per heavy atom. The molecule has 1 aromatic carbocycles. The van der Waals surface area contributed by atoms with E-state index in [0.29, 0.717) is 36.6 Å². The lowest BCUT2D eigenvalue weighted by atomic mass is 10.0. The predicted molar refractivity (Wildman–Crippen MR) is 132 cm³/mol. The molecule has 0 saturated heterocycles. The Morgan fingerprint density at radius 2 is 1.86 bits per heavy atom. The minimum Gasteiger partial charge on any atom is -0.494 e. The van der Waals surface area contributed by atoms with Crippen LogP contribution in [-0.4, -0.2) is 50.2 Å². The lowest BCUT2D eigenvalue weighted by Crippen LogP contribution is -2.54. The van der Waals surface area contributed by atoms with E-state index in [2.05, 4.69) is 20.7 Å². The Labute approximate surface area is 205 Å². The number of carbonyl (C=O) groups excluding carboxylic acids is 2. The van der Waals surface area contributed by atoms with Crippen LogP contribution in [-0.2, 0) is 16.1 Å². The largest absolute Gasteiger partial charge is 0.494 e. The van der Waals surface area contributed by atoms with E-state index in [1.54, 1.807) is 36.4 Å². The van der Waals surface area contributed by atoms with Crippen LogP contribution in [0, 0.1) is 6.92 Å². The number of hydrogen-bond donors (Lipinski definition) is 1. The fourth-order valence-corrected chi connectivity index (χ4v) is 3.63. The summed E-state index contributed by atoms with van der Waals surface area (Å²) in [6.07, 6.45) is 1.20. The molecule has 10 nitrogen and oxygen atoms in total. The average molecular weight is 483 g/mol. The third-order valence-corrected chi connectivity index (χ3v) is 5.06. The van der Waals surface area contributed by atoms with Gasteiger partial charge in [0.1, 0.15) is 24.1 Å². The first-order chi connectivity index (χ1) is 16.6. The molecule has 0 saturated carbocycles. The predicted octanol–water partition coefficient (Wildman–Crippen LogP) is 3.76. The SMILES string of the molecule is CCC[C@@H](C(=O)NC(C)(C)C)N(C(=O)Cn1nnc(-c2ccc(C)o2)n1)c1ccc(OCC)cc1. The molecule has 1 N–H and O–H groups in total. The molecule has 188 valence electrons. The standard InChI is InChI=1S/C25H34N6O4/c1-7-9-20(24(33)26-25(4,5)6)31(18-11-13-19(14-12-18)34-8-2)22(32)16-30-28-23(27-29-30)21-15-10-17(3)35-21/h10-15,20H,7-9,16H2,1-6H3,(H,26,33)/t20-/m0/s1. The molecule has 2 amide bonds. The van der Waals surface area contributed by atoms with Crippen molar-refractivity contribution in [2.24, 2.45) is 0 Å². The zero-order chi connectivity index (χ0) is 25.6. The highest BCUT2D eigenvalue weighted by Crippen LogP contribution is 2.25. The zero-order valence-corrected chi connectivity index (χ0v) is 21.2. The molecule has 3 aromatic rings. The monoisotopic (exact) mass is 482 g/mol. The summed E-state index contributed by atoms with van der Waals surface area (Å²) in [5, 5.41) is 15.3. The highest BCUT2D eigenvalue weighted by Gasteiger charge is 2.33. The van der Waals surface area contributed by atoms with Crippen molar-refractivity contribution in [2.45, 2.75) is 72.5 Å². The topological polar surface area (TPSA) is 115 Å². The van der Waals surface area contributed by atoms with Gasteiger partial charge in [-0.25, -0.2) is 0 Å². The fraction of sp³-hybridized carbons (Fsp3) is 0.480. The summed E-state index contributed by atoms with van der Waals surface area (Å²) in [6.45, 7) is 11.8. The normalized spacial score (nSPS) is 12.3. The van der Waals surface area contributed by atoms with Gasteiger partial charge in [-0.1, -0.05) is 13.3 Å². The second-order valence-corrected chi connectivity index (χ2v) is 9.29. The number of ether oxygens (including phenoxy) is 1. The number of nitrogens with zero attached hydrogens (tertiary/aromatic N) is 5. The first kappa shape index (κ1) is 25.9. The quantitative estimate of drug-likeness (QED) is 0.468. The van der Waals surface area contributed by atoms with E-state index in [-0.39, 0.29) is 24.2 Å². The molecule has 0 aliphatic carbocycles. The van der Waals surface area contributed by atoms with E-state index in [4.69, 9.17) is 9.15 Å². The zero-order valence-electron chi connectivity index (χ0n) is 21.2. The van der Waals surface area contributed by atoms with E-state index in [1.165, 1.54) is 9.70 Å². The van der Waals surface area contributed by atoms with Gasteiger partial charge in [-0.15, -0.1) is 10.2 Å². The number of carbonyl (C=O) groups is 2. The Hall–Kier alpha value is -3.69. The van der Waals surface area contributed by atoms with Crippen LogP contribution in [0.25, 0.3) is 11.6 Å². The maximum Gasteiger partial charge on any atom is 0.251 e. The van der Waals surface area contributed by atoms with Crippen LogP contribution in [0.5, 0.6) is 5.75 Å². The summed E-state index contributed by atoms with van der Waals surface area (Å²) in [4.78, 5) is 29.6. The molecular weight excluding hydrogens is 448 g/mol. The van der Waals surface area contributed by atoms with Crippen molar-refractivity contribution in [2.75, 3.05) is 11.5 Å². The molecule has 0 radical (unpaired) electrons.